The number of hydrogen-bond acceptors (Lipinski definition) is 1. The summed E-state index contributed by atoms with van der Waals surface area (Å²) in [6.45, 7) is 2.07. The summed E-state index contributed by atoms with van der Waals surface area (Å²) in [5, 5.41) is -0.0169. The van der Waals surface area contributed by atoms with Gasteiger partial charge in [-0.15, -0.1) is 11.6 Å². The van der Waals surface area contributed by atoms with Crippen LogP contribution in [0.25, 0.3) is 0 Å². The van der Waals surface area contributed by atoms with Gasteiger partial charge in [-0.25, -0.2) is 0 Å². The minimum atomic E-state index is -0.0169. The van der Waals surface area contributed by atoms with Crippen LogP contribution in [0.3, 0.4) is 0 Å². The molecule has 1 unspecified atom stereocenters. The zero-order valence-corrected chi connectivity index (χ0v) is 12.4. The highest BCUT2D eigenvalue weighted by molar-refractivity contribution is 14.1. The van der Waals surface area contributed by atoms with E-state index in [0.717, 1.165) is 12.1 Å². The molecular weight excluding hydrogens is 345 g/mol. The maximum atomic E-state index is 6.47. The number of hydrogen-bond donors (Lipinski definition) is 0. The summed E-state index contributed by atoms with van der Waals surface area (Å²) in [5.74, 6) is 0. The molecule has 1 heterocycles. The van der Waals surface area contributed by atoms with E-state index in [1.807, 2.05) is 24.4 Å². The highest BCUT2D eigenvalue weighted by Gasteiger charge is 2.13. The predicted octanol–water partition coefficient (Wildman–Crippen LogP) is 4.52. The van der Waals surface area contributed by atoms with Crippen LogP contribution in [0.4, 0.5) is 0 Å². The smallest absolute Gasteiger partial charge is 0.0651 e. The van der Waals surface area contributed by atoms with E-state index in [2.05, 4.69) is 52.7 Å². The fourth-order valence-corrected chi connectivity index (χ4v) is 3.02. The van der Waals surface area contributed by atoms with Crippen molar-refractivity contribution in [3.8, 4) is 0 Å². The Morgan fingerprint density at radius 1 is 1.24 bits per heavy atom. The van der Waals surface area contributed by atoms with Crippen molar-refractivity contribution >= 4 is 34.2 Å². The van der Waals surface area contributed by atoms with Crippen molar-refractivity contribution in [2.75, 3.05) is 0 Å². The fourth-order valence-electron chi connectivity index (χ4n) is 1.74. The van der Waals surface area contributed by atoms with E-state index < -0.39 is 0 Å². The van der Waals surface area contributed by atoms with Crippen LogP contribution in [-0.4, -0.2) is 4.98 Å². The van der Waals surface area contributed by atoms with Crippen LogP contribution in [0, 0.1) is 10.5 Å². The average molecular weight is 358 g/mol. The molecule has 2 rings (SSSR count). The SMILES string of the molecule is Cc1cccnc1CC(Cl)c1ccccc1I. The summed E-state index contributed by atoms with van der Waals surface area (Å²) in [5.41, 5.74) is 3.45. The van der Waals surface area contributed by atoms with Gasteiger partial charge in [0.05, 0.1) is 5.38 Å². The molecule has 0 saturated heterocycles. The second kappa shape index (κ2) is 5.83. The lowest BCUT2D eigenvalue weighted by atomic mass is 10.0. The van der Waals surface area contributed by atoms with Crippen LogP contribution < -0.4 is 0 Å². The molecule has 0 aliphatic carbocycles. The minimum absolute atomic E-state index is 0.0169. The molecule has 2 aromatic rings. The lowest BCUT2D eigenvalue weighted by Gasteiger charge is -2.12. The monoisotopic (exact) mass is 357 g/mol. The Morgan fingerprint density at radius 3 is 2.71 bits per heavy atom. The Morgan fingerprint density at radius 2 is 2.00 bits per heavy atom. The number of nitrogens with zero attached hydrogens (tertiary/aromatic N) is 1. The van der Waals surface area contributed by atoms with Crippen LogP contribution in [0.5, 0.6) is 0 Å². The number of alkyl halides is 1. The first-order valence-electron chi connectivity index (χ1n) is 5.47. The van der Waals surface area contributed by atoms with Gasteiger partial charge in [-0.2, -0.15) is 0 Å². The van der Waals surface area contributed by atoms with E-state index in [-0.39, 0.29) is 5.38 Å². The number of aryl methyl sites for hydroxylation is 1. The van der Waals surface area contributed by atoms with Gasteiger partial charge in [-0.3, -0.25) is 4.98 Å². The van der Waals surface area contributed by atoms with Crippen LogP contribution in [-0.2, 0) is 6.42 Å². The first-order valence-corrected chi connectivity index (χ1v) is 6.99. The lowest BCUT2D eigenvalue weighted by molar-refractivity contribution is 0.866. The largest absolute Gasteiger partial charge is 0.261 e. The fraction of sp³-hybridized carbons (Fsp3) is 0.214. The predicted molar refractivity (Wildman–Crippen MR) is 80.4 cm³/mol. The highest BCUT2D eigenvalue weighted by Crippen LogP contribution is 2.28. The van der Waals surface area contributed by atoms with E-state index in [9.17, 15) is 0 Å². The third-order valence-corrected chi connectivity index (χ3v) is 4.10. The van der Waals surface area contributed by atoms with Crippen molar-refractivity contribution < 1.29 is 0 Å². The van der Waals surface area contributed by atoms with E-state index in [1.54, 1.807) is 0 Å². The standard InChI is InChI=1S/C14H13ClIN/c1-10-5-4-8-17-14(10)9-12(15)11-6-2-3-7-13(11)16/h2-8,12H,9H2,1H3. The molecular formula is C14H13ClIN. The first-order chi connectivity index (χ1) is 8.18. The third-order valence-electron chi connectivity index (χ3n) is 2.73. The lowest BCUT2D eigenvalue weighted by Crippen LogP contribution is -2.01. The molecule has 88 valence electrons. The van der Waals surface area contributed by atoms with Gasteiger partial charge < -0.3 is 0 Å². The van der Waals surface area contributed by atoms with Crippen molar-refractivity contribution in [1.29, 1.82) is 0 Å². The Balaban J connectivity index is 2.20. The summed E-state index contributed by atoms with van der Waals surface area (Å²) < 4.78 is 1.21. The van der Waals surface area contributed by atoms with Crippen molar-refractivity contribution in [3.05, 3.63) is 63.0 Å². The maximum Gasteiger partial charge on any atom is 0.0651 e. The van der Waals surface area contributed by atoms with Gasteiger partial charge in [0.1, 0.15) is 0 Å². The summed E-state index contributed by atoms with van der Waals surface area (Å²) in [4.78, 5) is 4.39. The molecule has 0 radical (unpaired) electrons. The molecule has 0 fully saturated rings. The molecule has 3 heteroatoms. The van der Waals surface area contributed by atoms with E-state index in [1.165, 1.54) is 14.7 Å². The maximum absolute atomic E-state index is 6.47. The molecule has 0 N–H and O–H groups in total. The minimum Gasteiger partial charge on any atom is -0.261 e. The molecule has 0 saturated carbocycles. The Kier molecular flexibility index (Phi) is 4.40. The molecule has 0 spiro atoms. The molecule has 17 heavy (non-hydrogen) atoms. The van der Waals surface area contributed by atoms with Crippen LogP contribution in [0.1, 0.15) is 22.2 Å². The molecule has 1 nitrogen and oxygen atoms in total. The van der Waals surface area contributed by atoms with E-state index in [0.29, 0.717) is 0 Å². The first kappa shape index (κ1) is 12.8. The van der Waals surface area contributed by atoms with Gasteiger partial charge in [0.2, 0.25) is 0 Å². The van der Waals surface area contributed by atoms with Crippen molar-refractivity contribution in [3.63, 3.8) is 0 Å². The van der Waals surface area contributed by atoms with Crippen molar-refractivity contribution in [2.24, 2.45) is 0 Å². The number of halogens is 2. The molecule has 1 aromatic carbocycles. The van der Waals surface area contributed by atoms with Gasteiger partial charge in [0.25, 0.3) is 0 Å². The third kappa shape index (κ3) is 3.19. The topological polar surface area (TPSA) is 12.9 Å². The molecule has 0 bridgehead atoms. The Hall–Kier alpha value is -0.610. The second-order valence-corrected chi connectivity index (χ2v) is 5.65. The van der Waals surface area contributed by atoms with Gasteiger partial charge in [-0.1, -0.05) is 24.3 Å². The normalized spacial score (nSPS) is 12.4. The molecule has 1 atom stereocenters. The van der Waals surface area contributed by atoms with Crippen LogP contribution in [0.2, 0.25) is 0 Å². The zero-order valence-electron chi connectivity index (χ0n) is 9.53. The summed E-state index contributed by atoms with van der Waals surface area (Å²) in [6.07, 6.45) is 2.59. The summed E-state index contributed by atoms with van der Waals surface area (Å²) >= 11 is 8.80. The van der Waals surface area contributed by atoms with Crippen LogP contribution in [0.15, 0.2) is 42.6 Å². The van der Waals surface area contributed by atoms with Crippen LogP contribution >= 0.6 is 34.2 Å². The average Bonchev–Trinajstić information content (AvgIpc) is 2.32. The molecule has 0 aliphatic heterocycles. The van der Waals surface area contributed by atoms with Crippen molar-refractivity contribution in [2.45, 2.75) is 18.7 Å². The number of rotatable bonds is 3. The Bertz CT molecular complexity index is 513. The van der Waals surface area contributed by atoms with E-state index >= 15 is 0 Å². The molecule has 0 amide bonds. The van der Waals surface area contributed by atoms with Crippen molar-refractivity contribution in [1.82, 2.24) is 4.98 Å². The zero-order chi connectivity index (χ0) is 12.3. The number of aromatic nitrogens is 1. The number of pyridine rings is 1. The molecule has 0 aliphatic rings. The quantitative estimate of drug-likeness (QED) is 0.581. The van der Waals surface area contributed by atoms with Gasteiger partial charge in [0, 0.05) is 21.9 Å². The summed E-state index contributed by atoms with van der Waals surface area (Å²) in [6, 6.07) is 12.2. The Labute approximate surface area is 120 Å². The van der Waals surface area contributed by atoms with Gasteiger partial charge >= 0.3 is 0 Å². The number of benzene rings is 1. The van der Waals surface area contributed by atoms with Gasteiger partial charge in [-0.05, 0) is 52.8 Å². The molecule has 1 aromatic heterocycles. The van der Waals surface area contributed by atoms with Gasteiger partial charge in [0.15, 0.2) is 0 Å². The summed E-state index contributed by atoms with van der Waals surface area (Å²) in [7, 11) is 0. The van der Waals surface area contributed by atoms with E-state index in [4.69, 9.17) is 11.6 Å². The second-order valence-electron chi connectivity index (χ2n) is 3.96. The highest BCUT2D eigenvalue weighted by atomic mass is 127.